The molecular weight excluding hydrogens is 321 g/mol. The summed E-state index contributed by atoms with van der Waals surface area (Å²) < 4.78 is 41.0. The van der Waals surface area contributed by atoms with Crippen molar-refractivity contribution in [2.45, 2.75) is 44.5 Å². The Hall–Kier alpha value is -1.89. The van der Waals surface area contributed by atoms with Crippen molar-refractivity contribution in [1.29, 1.82) is 0 Å². The van der Waals surface area contributed by atoms with Crippen molar-refractivity contribution in [2.75, 3.05) is 0 Å². The van der Waals surface area contributed by atoms with Gasteiger partial charge in [0.05, 0.1) is 12.3 Å². The Kier molecular flexibility index (Phi) is 4.15. The van der Waals surface area contributed by atoms with Gasteiger partial charge in [-0.25, -0.2) is 0 Å². The molecule has 1 N–H and O–H groups in total. The molecule has 1 aromatic rings. The van der Waals surface area contributed by atoms with Crippen molar-refractivity contribution < 1.29 is 23.1 Å². The third-order valence-electron chi connectivity index (χ3n) is 4.82. The lowest BCUT2D eigenvalue weighted by Gasteiger charge is -2.39. The summed E-state index contributed by atoms with van der Waals surface area (Å²) in [6.07, 6.45) is -3.95. The minimum Gasteiger partial charge on any atom is -0.362 e. The van der Waals surface area contributed by atoms with E-state index in [1.807, 2.05) is 6.92 Å². The van der Waals surface area contributed by atoms with Gasteiger partial charge in [-0.3, -0.25) is 4.79 Å². The summed E-state index contributed by atoms with van der Waals surface area (Å²) in [6.45, 7) is 1.85. The van der Waals surface area contributed by atoms with E-state index in [9.17, 15) is 23.1 Å². The molecule has 4 nitrogen and oxygen atoms in total. The van der Waals surface area contributed by atoms with Crippen LogP contribution in [0.3, 0.4) is 0 Å². The summed E-state index contributed by atoms with van der Waals surface area (Å²) in [5.74, 6) is -1.98. The lowest BCUT2D eigenvalue weighted by atomic mass is 9.76. The van der Waals surface area contributed by atoms with Gasteiger partial charge in [-0.05, 0) is 30.7 Å². The van der Waals surface area contributed by atoms with Crippen LogP contribution < -0.4 is 0 Å². The molecule has 3 atom stereocenters. The zero-order valence-electron chi connectivity index (χ0n) is 13.3. The van der Waals surface area contributed by atoms with Gasteiger partial charge >= 0.3 is 6.18 Å². The number of rotatable bonds is 2. The van der Waals surface area contributed by atoms with Crippen molar-refractivity contribution in [1.82, 2.24) is 5.01 Å². The number of aliphatic hydroxyl groups is 1. The van der Waals surface area contributed by atoms with Crippen molar-refractivity contribution in [3.63, 3.8) is 0 Å². The zero-order valence-corrected chi connectivity index (χ0v) is 13.3. The molecule has 1 fully saturated rings. The van der Waals surface area contributed by atoms with Gasteiger partial charge in [0.2, 0.25) is 5.91 Å². The molecule has 1 aliphatic heterocycles. The molecule has 0 radical (unpaired) electrons. The van der Waals surface area contributed by atoms with E-state index in [4.69, 9.17) is 0 Å². The number of fused-ring (bicyclic) bond motifs is 1. The normalized spacial score (nSPS) is 30.0. The minimum absolute atomic E-state index is 0.0481. The van der Waals surface area contributed by atoms with Gasteiger partial charge in [0.1, 0.15) is 0 Å². The van der Waals surface area contributed by atoms with Gasteiger partial charge in [-0.1, -0.05) is 37.3 Å². The molecule has 24 heavy (non-hydrogen) atoms. The van der Waals surface area contributed by atoms with E-state index in [-0.39, 0.29) is 29.5 Å². The number of hydrogen-bond donors (Lipinski definition) is 1. The van der Waals surface area contributed by atoms with Crippen LogP contribution in [0.2, 0.25) is 0 Å². The molecule has 3 rings (SSSR count). The van der Waals surface area contributed by atoms with Crippen LogP contribution in [0, 0.1) is 11.8 Å². The highest BCUT2D eigenvalue weighted by Crippen LogP contribution is 2.49. The Morgan fingerprint density at radius 1 is 1.38 bits per heavy atom. The summed E-state index contributed by atoms with van der Waals surface area (Å²) in [5, 5.41) is 14.7. The first-order valence-electron chi connectivity index (χ1n) is 7.97. The predicted octanol–water partition coefficient (Wildman–Crippen LogP) is 3.11. The van der Waals surface area contributed by atoms with Crippen molar-refractivity contribution in [2.24, 2.45) is 16.9 Å². The average molecular weight is 340 g/mol. The second kappa shape index (κ2) is 5.88. The summed E-state index contributed by atoms with van der Waals surface area (Å²) in [4.78, 5) is 12.5. The van der Waals surface area contributed by atoms with Crippen LogP contribution in [-0.2, 0) is 11.2 Å². The van der Waals surface area contributed by atoms with Gasteiger partial charge in [0, 0.05) is 5.71 Å². The maximum Gasteiger partial charge on any atom is 0.439 e. The number of benzene rings is 1. The third-order valence-corrected chi connectivity index (χ3v) is 4.82. The third kappa shape index (κ3) is 2.70. The Balaban J connectivity index is 1.93. The lowest BCUT2D eigenvalue weighted by molar-refractivity contribution is -0.317. The Labute approximate surface area is 138 Å². The first-order valence-corrected chi connectivity index (χ1v) is 7.97. The molecule has 1 amide bonds. The van der Waals surface area contributed by atoms with Crippen molar-refractivity contribution >= 4 is 11.6 Å². The first kappa shape index (κ1) is 17.0. The molecule has 1 saturated carbocycles. The Morgan fingerprint density at radius 3 is 2.67 bits per heavy atom. The van der Waals surface area contributed by atoms with E-state index < -0.39 is 23.7 Å². The van der Waals surface area contributed by atoms with Gasteiger partial charge in [-0.15, -0.1) is 0 Å². The number of nitrogens with zero attached hydrogens (tertiary/aromatic N) is 2. The molecule has 0 unspecified atom stereocenters. The zero-order chi connectivity index (χ0) is 17.5. The first-order chi connectivity index (χ1) is 11.2. The van der Waals surface area contributed by atoms with E-state index >= 15 is 0 Å². The van der Waals surface area contributed by atoms with E-state index in [1.165, 1.54) is 0 Å². The van der Waals surface area contributed by atoms with Gasteiger partial charge in [-0.2, -0.15) is 23.3 Å². The molecule has 1 aliphatic carbocycles. The van der Waals surface area contributed by atoms with Crippen LogP contribution in [0.15, 0.2) is 35.4 Å². The van der Waals surface area contributed by atoms with Gasteiger partial charge in [0.25, 0.3) is 5.72 Å². The molecule has 0 saturated heterocycles. The highest BCUT2D eigenvalue weighted by molar-refractivity contribution is 5.93. The maximum atomic E-state index is 13.7. The summed E-state index contributed by atoms with van der Waals surface area (Å²) >= 11 is 0. The van der Waals surface area contributed by atoms with Crippen LogP contribution in [0.5, 0.6) is 0 Å². The van der Waals surface area contributed by atoms with Crippen molar-refractivity contribution in [3.05, 3.63) is 35.9 Å². The predicted molar refractivity (Wildman–Crippen MR) is 81.9 cm³/mol. The summed E-state index contributed by atoms with van der Waals surface area (Å²) in [5.41, 5.74) is -2.40. The second-order valence-corrected chi connectivity index (χ2v) is 6.62. The minimum atomic E-state index is -4.97. The van der Waals surface area contributed by atoms with Crippen molar-refractivity contribution in [3.8, 4) is 0 Å². The fraction of sp³-hybridized carbons (Fsp3) is 0.529. The quantitative estimate of drug-likeness (QED) is 0.899. The highest BCUT2D eigenvalue weighted by atomic mass is 19.4. The number of amides is 1. The number of carbonyl (C=O) groups excluding carboxylic acids is 1. The molecule has 0 aromatic heterocycles. The lowest BCUT2D eigenvalue weighted by Crippen LogP contribution is -2.62. The molecule has 7 heteroatoms. The van der Waals surface area contributed by atoms with E-state index in [2.05, 4.69) is 5.10 Å². The van der Waals surface area contributed by atoms with E-state index in [1.54, 1.807) is 30.3 Å². The standard InChI is InChI=1S/C17H19F3N2O2/c1-11-7-8-14-13(9-11)16(24,17(18,19)20)22(21-14)15(23)10-12-5-3-2-4-6-12/h2-6,11,13,24H,7-10H2,1H3/t11-,13-,16+/m1/s1. The van der Waals surface area contributed by atoms with Crippen LogP contribution >= 0.6 is 0 Å². The SMILES string of the molecule is C[C@@H]1CCC2=NN(C(=O)Cc3ccccc3)[C@@](O)(C(F)(F)F)[C@@H]2C1. The Bertz CT molecular complexity index is 660. The molecule has 1 heterocycles. The molecule has 0 bridgehead atoms. The van der Waals surface area contributed by atoms with Gasteiger partial charge in [0.15, 0.2) is 0 Å². The molecule has 1 aromatic carbocycles. The number of hydrazone groups is 1. The van der Waals surface area contributed by atoms with Crippen LogP contribution in [0.4, 0.5) is 13.2 Å². The molecule has 0 spiro atoms. The average Bonchev–Trinajstić information content (AvgIpc) is 2.82. The fourth-order valence-corrected chi connectivity index (χ4v) is 3.50. The topological polar surface area (TPSA) is 52.9 Å². The van der Waals surface area contributed by atoms with Gasteiger partial charge < -0.3 is 5.11 Å². The number of carbonyl (C=O) groups is 1. The smallest absolute Gasteiger partial charge is 0.362 e. The number of alkyl halides is 3. The second-order valence-electron chi connectivity index (χ2n) is 6.62. The summed E-state index contributed by atoms with van der Waals surface area (Å²) in [6, 6.07) is 8.48. The van der Waals surface area contributed by atoms with E-state index in [0.717, 1.165) is 0 Å². The van der Waals surface area contributed by atoms with Crippen LogP contribution in [0.1, 0.15) is 31.7 Å². The Morgan fingerprint density at radius 2 is 2.04 bits per heavy atom. The van der Waals surface area contributed by atoms with Crippen LogP contribution in [0.25, 0.3) is 0 Å². The fourth-order valence-electron chi connectivity index (χ4n) is 3.50. The monoisotopic (exact) mass is 340 g/mol. The van der Waals surface area contributed by atoms with Crippen LogP contribution in [-0.4, -0.2) is 33.6 Å². The molecular formula is C17H19F3N2O2. The highest BCUT2D eigenvalue weighted by Gasteiger charge is 2.68. The summed E-state index contributed by atoms with van der Waals surface area (Å²) in [7, 11) is 0. The number of hydrogen-bond acceptors (Lipinski definition) is 3. The largest absolute Gasteiger partial charge is 0.439 e. The molecule has 2 aliphatic rings. The number of halogens is 3. The maximum absolute atomic E-state index is 13.7. The van der Waals surface area contributed by atoms with E-state index in [0.29, 0.717) is 18.4 Å². The molecule has 130 valence electrons.